The molecule has 0 atom stereocenters. The topological polar surface area (TPSA) is 38.3 Å². The fraction of sp³-hybridized carbons (Fsp3) is 0.286. The van der Waals surface area contributed by atoms with Crippen LogP contribution in [0.25, 0.3) is 0 Å². The molecule has 0 spiro atoms. The molecule has 10 heavy (non-hydrogen) atoms. The summed E-state index contributed by atoms with van der Waals surface area (Å²) in [4.78, 5) is 10.4. The molecule has 0 aromatic carbocycles. The van der Waals surface area contributed by atoms with Crippen molar-refractivity contribution in [1.82, 2.24) is 5.32 Å². The lowest BCUT2D eigenvalue weighted by molar-refractivity contribution is 0.195. The molecule has 3 heteroatoms. The molecule has 0 saturated carbocycles. The van der Waals surface area contributed by atoms with Gasteiger partial charge in [0.05, 0.1) is 6.54 Å². The monoisotopic (exact) mass is 139 g/mol. The molecule has 54 valence electrons. The van der Waals surface area contributed by atoms with Crippen LogP contribution in [0.1, 0.15) is 6.42 Å². The van der Waals surface area contributed by atoms with Gasteiger partial charge in [0, 0.05) is 0 Å². The Morgan fingerprint density at radius 2 is 2.60 bits per heavy atom. The smallest absolute Gasteiger partial charge is 0.412 e. The maximum absolute atomic E-state index is 10.4. The number of hydrogen-bond donors (Lipinski definition) is 1. The fourth-order valence-electron chi connectivity index (χ4n) is 0.679. The molecule has 0 aromatic heterocycles. The van der Waals surface area contributed by atoms with E-state index in [4.69, 9.17) is 4.74 Å². The number of carbonyl (C=O) groups excluding carboxylic acids is 1. The minimum absolute atomic E-state index is 0.365. The van der Waals surface area contributed by atoms with Gasteiger partial charge in [-0.1, -0.05) is 6.08 Å². The van der Waals surface area contributed by atoms with Gasteiger partial charge in [-0.15, -0.1) is 6.58 Å². The van der Waals surface area contributed by atoms with Crippen LogP contribution >= 0.6 is 0 Å². The number of carbonyl (C=O) groups is 1. The molecular weight excluding hydrogens is 130 g/mol. The van der Waals surface area contributed by atoms with Crippen molar-refractivity contribution in [2.24, 2.45) is 0 Å². The lowest BCUT2D eigenvalue weighted by Crippen LogP contribution is -2.11. The molecule has 1 fully saturated rings. The van der Waals surface area contributed by atoms with Gasteiger partial charge in [0.2, 0.25) is 0 Å². The van der Waals surface area contributed by atoms with Crippen LogP contribution in [0.4, 0.5) is 4.79 Å². The number of allylic oxidation sites excluding steroid dienone is 2. The van der Waals surface area contributed by atoms with Gasteiger partial charge in [0.15, 0.2) is 0 Å². The Bertz CT molecular complexity index is 184. The number of rotatable bonds is 2. The normalized spacial score (nSPS) is 20.4. The predicted octanol–water partition coefficient (Wildman–Crippen LogP) is 1.19. The van der Waals surface area contributed by atoms with Gasteiger partial charge >= 0.3 is 6.09 Å². The van der Waals surface area contributed by atoms with Gasteiger partial charge in [-0.25, -0.2) is 4.79 Å². The molecule has 0 aliphatic carbocycles. The highest BCUT2D eigenvalue weighted by Gasteiger charge is 2.14. The summed E-state index contributed by atoms with van der Waals surface area (Å²) in [6, 6.07) is 0. The van der Waals surface area contributed by atoms with E-state index in [1.807, 2.05) is 6.08 Å². The molecule has 3 nitrogen and oxygen atoms in total. The van der Waals surface area contributed by atoms with E-state index in [-0.39, 0.29) is 6.09 Å². The highest BCUT2D eigenvalue weighted by atomic mass is 16.6. The van der Waals surface area contributed by atoms with Crippen LogP contribution in [0.5, 0.6) is 0 Å². The first-order valence-corrected chi connectivity index (χ1v) is 3.08. The summed E-state index contributed by atoms with van der Waals surface area (Å²) in [7, 11) is 0. The van der Waals surface area contributed by atoms with E-state index in [9.17, 15) is 4.79 Å². The minimum atomic E-state index is -0.365. The third-order valence-corrected chi connectivity index (χ3v) is 1.14. The second-order valence-corrected chi connectivity index (χ2v) is 1.94. The van der Waals surface area contributed by atoms with Crippen molar-refractivity contribution >= 4 is 6.09 Å². The highest BCUT2D eigenvalue weighted by Crippen LogP contribution is 2.04. The number of ether oxygens (including phenoxy) is 1. The average Bonchev–Trinajstić information content (AvgIpc) is 2.31. The van der Waals surface area contributed by atoms with Gasteiger partial charge in [-0.3, -0.25) is 0 Å². The van der Waals surface area contributed by atoms with Crippen molar-refractivity contribution in [2.45, 2.75) is 6.42 Å². The Labute approximate surface area is 59.4 Å². The lowest BCUT2D eigenvalue weighted by atomic mass is 10.3. The van der Waals surface area contributed by atoms with Gasteiger partial charge in [-0.05, 0) is 12.5 Å². The summed E-state index contributed by atoms with van der Waals surface area (Å²) in [5.74, 6) is 0.685. The third kappa shape index (κ3) is 1.62. The summed E-state index contributed by atoms with van der Waals surface area (Å²) in [5, 5.41) is 2.51. The standard InChI is InChI=1S/C7H9NO2/c1-2-3-4-6-5-8-7(9)10-6/h2,4H,1,3,5H2,(H,8,9)/b6-4-. The van der Waals surface area contributed by atoms with Crippen LogP contribution < -0.4 is 5.32 Å². The second-order valence-electron chi connectivity index (χ2n) is 1.94. The van der Waals surface area contributed by atoms with Crippen LogP contribution in [-0.4, -0.2) is 12.6 Å². The largest absolute Gasteiger partial charge is 0.413 e. The van der Waals surface area contributed by atoms with Crippen LogP contribution in [0.3, 0.4) is 0 Å². The van der Waals surface area contributed by atoms with Crippen LogP contribution in [0, 0.1) is 0 Å². The molecule has 1 aliphatic heterocycles. The van der Waals surface area contributed by atoms with Crippen molar-refractivity contribution in [2.75, 3.05) is 6.54 Å². The van der Waals surface area contributed by atoms with E-state index in [2.05, 4.69) is 11.9 Å². The third-order valence-electron chi connectivity index (χ3n) is 1.14. The van der Waals surface area contributed by atoms with Crippen molar-refractivity contribution in [3.8, 4) is 0 Å². The number of hydrogen-bond acceptors (Lipinski definition) is 2. The Kier molecular flexibility index (Phi) is 2.10. The fourth-order valence-corrected chi connectivity index (χ4v) is 0.679. The first-order valence-electron chi connectivity index (χ1n) is 3.08. The SMILES string of the molecule is C=CC/C=C1/CNC(=O)O1. The van der Waals surface area contributed by atoms with Gasteiger partial charge < -0.3 is 10.1 Å². The molecule has 1 heterocycles. The molecule has 1 saturated heterocycles. The quantitative estimate of drug-likeness (QED) is 0.583. The summed E-state index contributed by atoms with van der Waals surface area (Å²) in [6.07, 6.45) is 3.95. The van der Waals surface area contributed by atoms with Crippen LogP contribution in [-0.2, 0) is 4.74 Å². The van der Waals surface area contributed by atoms with Crippen LogP contribution in [0.2, 0.25) is 0 Å². The number of cyclic esters (lactones) is 1. The van der Waals surface area contributed by atoms with Crippen molar-refractivity contribution in [3.63, 3.8) is 0 Å². The number of amides is 1. The average molecular weight is 139 g/mol. The molecular formula is C7H9NO2. The summed E-state index contributed by atoms with van der Waals surface area (Å²) >= 11 is 0. The molecule has 0 bridgehead atoms. The Balaban J connectivity index is 2.43. The Hall–Kier alpha value is -1.25. The highest BCUT2D eigenvalue weighted by molar-refractivity contribution is 5.71. The first-order chi connectivity index (χ1) is 4.83. The maximum atomic E-state index is 10.4. The van der Waals surface area contributed by atoms with E-state index >= 15 is 0 Å². The minimum Gasteiger partial charge on any atom is -0.413 e. The van der Waals surface area contributed by atoms with E-state index < -0.39 is 0 Å². The maximum Gasteiger partial charge on any atom is 0.412 e. The molecule has 1 N–H and O–H groups in total. The summed E-state index contributed by atoms with van der Waals surface area (Å²) in [5.41, 5.74) is 0. The van der Waals surface area contributed by atoms with E-state index in [1.165, 1.54) is 0 Å². The van der Waals surface area contributed by atoms with Gasteiger partial charge in [-0.2, -0.15) is 0 Å². The zero-order chi connectivity index (χ0) is 7.40. The number of alkyl carbamates (subject to hydrolysis) is 1. The van der Waals surface area contributed by atoms with Crippen molar-refractivity contribution in [3.05, 3.63) is 24.5 Å². The molecule has 0 radical (unpaired) electrons. The van der Waals surface area contributed by atoms with E-state index in [0.29, 0.717) is 12.3 Å². The Morgan fingerprint density at radius 3 is 3.10 bits per heavy atom. The van der Waals surface area contributed by atoms with E-state index in [0.717, 1.165) is 6.42 Å². The van der Waals surface area contributed by atoms with Crippen molar-refractivity contribution in [1.29, 1.82) is 0 Å². The molecule has 1 aliphatic rings. The van der Waals surface area contributed by atoms with Crippen LogP contribution in [0.15, 0.2) is 24.5 Å². The predicted molar refractivity (Wildman–Crippen MR) is 37.4 cm³/mol. The lowest BCUT2D eigenvalue weighted by Gasteiger charge is -1.89. The number of nitrogens with one attached hydrogen (secondary N) is 1. The van der Waals surface area contributed by atoms with E-state index in [1.54, 1.807) is 6.08 Å². The Morgan fingerprint density at radius 1 is 1.80 bits per heavy atom. The van der Waals surface area contributed by atoms with Gasteiger partial charge in [0.1, 0.15) is 5.76 Å². The first kappa shape index (κ1) is 6.86. The molecule has 1 amide bonds. The zero-order valence-corrected chi connectivity index (χ0v) is 5.59. The van der Waals surface area contributed by atoms with Gasteiger partial charge in [0.25, 0.3) is 0 Å². The molecule has 0 aromatic rings. The molecule has 0 unspecified atom stereocenters. The van der Waals surface area contributed by atoms with Crippen molar-refractivity contribution < 1.29 is 9.53 Å². The summed E-state index contributed by atoms with van der Waals surface area (Å²) in [6.45, 7) is 4.04. The summed E-state index contributed by atoms with van der Waals surface area (Å²) < 4.78 is 4.73. The second kappa shape index (κ2) is 3.06. The molecule has 1 rings (SSSR count). The zero-order valence-electron chi connectivity index (χ0n) is 5.59.